The highest BCUT2D eigenvalue weighted by Gasteiger charge is 2.10. The first-order chi connectivity index (χ1) is 8.56. The van der Waals surface area contributed by atoms with E-state index in [1.54, 1.807) is 24.1 Å². The van der Waals surface area contributed by atoms with E-state index in [0.29, 0.717) is 17.9 Å². The zero-order chi connectivity index (χ0) is 13.1. The largest absolute Gasteiger partial charge is 0.345 e. The fraction of sp³-hybridized carbons (Fsp3) is 0.250. The fourth-order valence-electron chi connectivity index (χ4n) is 1.52. The minimum atomic E-state index is -0.144. The van der Waals surface area contributed by atoms with Gasteiger partial charge in [-0.25, -0.2) is 4.98 Å². The van der Waals surface area contributed by atoms with E-state index in [-0.39, 0.29) is 5.91 Å². The van der Waals surface area contributed by atoms with Crippen LogP contribution in [-0.2, 0) is 13.6 Å². The molecule has 0 bridgehead atoms. The number of nitrogens with zero attached hydrogens (tertiary/aromatic N) is 3. The van der Waals surface area contributed by atoms with Gasteiger partial charge in [0.1, 0.15) is 6.33 Å². The van der Waals surface area contributed by atoms with Gasteiger partial charge in [-0.15, -0.1) is 0 Å². The first kappa shape index (κ1) is 12.8. The van der Waals surface area contributed by atoms with Gasteiger partial charge in [-0.2, -0.15) is 5.10 Å². The summed E-state index contributed by atoms with van der Waals surface area (Å²) in [5.41, 5.74) is 1.71. The zero-order valence-corrected chi connectivity index (χ0v) is 11.7. The Bertz CT molecular complexity index is 579. The highest BCUT2D eigenvalue weighted by molar-refractivity contribution is 9.10. The molecule has 2 aromatic rings. The maximum Gasteiger partial charge on any atom is 0.252 e. The van der Waals surface area contributed by atoms with Crippen molar-refractivity contribution in [1.29, 1.82) is 0 Å². The van der Waals surface area contributed by atoms with E-state index < -0.39 is 0 Å². The lowest BCUT2D eigenvalue weighted by atomic mass is 10.1. The van der Waals surface area contributed by atoms with Gasteiger partial charge in [-0.1, -0.05) is 6.07 Å². The number of carbonyl (C=O) groups is 1. The third-order valence-corrected chi connectivity index (χ3v) is 3.08. The lowest BCUT2D eigenvalue weighted by Gasteiger charge is -2.05. The molecule has 0 radical (unpaired) electrons. The Morgan fingerprint density at radius 2 is 2.28 bits per heavy atom. The number of amides is 1. The van der Waals surface area contributed by atoms with Crippen LogP contribution in [0.25, 0.3) is 0 Å². The summed E-state index contributed by atoms with van der Waals surface area (Å²) in [7, 11) is 1.79. The Balaban J connectivity index is 2.03. The summed E-state index contributed by atoms with van der Waals surface area (Å²) in [5.74, 6) is 0.448. The number of hydrogen-bond donors (Lipinski definition) is 1. The molecule has 6 heteroatoms. The van der Waals surface area contributed by atoms with Gasteiger partial charge in [-0.3, -0.25) is 9.48 Å². The number of hydrogen-bond acceptors (Lipinski definition) is 3. The van der Waals surface area contributed by atoms with Crippen LogP contribution in [-0.4, -0.2) is 20.7 Å². The highest BCUT2D eigenvalue weighted by atomic mass is 79.9. The normalized spacial score (nSPS) is 10.4. The number of aromatic nitrogens is 3. The van der Waals surface area contributed by atoms with Crippen LogP contribution in [0.3, 0.4) is 0 Å². The number of carbonyl (C=O) groups excluding carboxylic acids is 1. The smallest absolute Gasteiger partial charge is 0.252 e. The van der Waals surface area contributed by atoms with E-state index in [1.165, 1.54) is 0 Å². The number of aryl methyl sites for hydroxylation is 2. The van der Waals surface area contributed by atoms with Crippen LogP contribution in [0.5, 0.6) is 0 Å². The molecule has 94 valence electrons. The maximum absolute atomic E-state index is 12.0. The third-order valence-electron chi connectivity index (χ3n) is 2.42. The van der Waals surface area contributed by atoms with Crippen molar-refractivity contribution in [3.8, 4) is 0 Å². The van der Waals surface area contributed by atoms with E-state index >= 15 is 0 Å². The topological polar surface area (TPSA) is 59.8 Å². The minimum Gasteiger partial charge on any atom is -0.345 e. The van der Waals surface area contributed by atoms with Crippen molar-refractivity contribution in [3.05, 3.63) is 46.0 Å². The van der Waals surface area contributed by atoms with Gasteiger partial charge in [0.2, 0.25) is 0 Å². The fourth-order valence-corrected chi connectivity index (χ4v) is 2.20. The molecule has 0 saturated carbocycles. The Morgan fingerprint density at radius 1 is 1.50 bits per heavy atom. The molecule has 1 N–H and O–H groups in total. The van der Waals surface area contributed by atoms with Crippen molar-refractivity contribution < 1.29 is 4.79 Å². The number of benzene rings is 1. The first-order valence-corrected chi connectivity index (χ1v) is 6.24. The molecule has 5 nitrogen and oxygen atoms in total. The summed E-state index contributed by atoms with van der Waals surface area (Å²) in [6, 6.07) is 5.60. The molecule has 1 aromatic carbocycles. The van der Waals surface area contributed by atoms with Crippen LogP contribution in [0.15, 0.2) is 29.0 Å². The first-order valence-electron chi connectivity index (χ1n) is 5.45. The Kier molecular flexibility index (Phi) is 3.76. The van der Waals surface area contributed by atoms with E-state index in [2.05, 4.69) is 31.3 Å². The molecule has 1 amide bonds. The predicted molar refractivity (Wildman–Crippen MR) is 71.1 cm³/mol. The molecule has 0 spiro atoms. The third kappa shape index (κ3) is 2.95. The average Bonchev–Trinajstić information content (AvgIpc) is 2.72. The van der Waals surface area contributed by atoms with Crippen molar-refractivity contribution in [2.24, 2.45) is 7.05 Å². The summed E-state index contributed by atoms with van der Waals surface area (Å²) < 4.78 is 2.39. The zero-order valence-electron chi connectivity index (χ0n) is 10.1. The van der Waals surface area contributed by atoms with Gasteiger partial charge in [0.25, 0.3) is 5.91 Å². The Hall–Kier alpha value is -1.69. The monoisotopic (exact) mass is 308 g/mol. The van der Waals surface area contributed by atoms with Crippen molar-refractivity contribution in [1.82, 2.24) is 20.1 Å². The molecule has 1 heterocycles. The minimum absolute atomic E-state index is 0.144. The van der Waals surface area contributed by atoms with Crippen LogP contribution in [0.4, 0.5) is 0 Å². The molecule has 0 saturated heterocycles. The van der Waals surface area contributed by atoms with Crippen molar-refractivity contribution in [3.63, 3.8) is 0 Å². The van der Waals surface area contributed by atoms with Gasteiger partial charge in [0, 0.05) is 11.5 Å². The molecule has 0 aliphatic rings. The second-order valence-corrected chi connectivity index (χ2v) is 4.85. The molecule has 0 atom stereocenters. The molecule has 0 fully saturated rings. The van der Waals surface area contributed by atoms with Gasteiger partial charge >= 0.3 is 0 Å². The molecule has 18 heavy (non-hydrogen) atoms. The lowest BCUT2D eigenvalue weighted by Crippen LogP contribution is -2.23. The summed E-state index contributed by atoms with van der Waals surface area (Å²) in [4.78, 5) is 16.0. The number of halogens is 1. The Morgan fingerprint density at radius 3 is 2.89 bits per heavy atom. The van der Waals surface area contributed by atoms with E-state index in [1.807, 2.05) is 19.1 Å². The second-order valence-electron chi connectivity index (χ2n) is 4.00. The van der Waals surface area contributed by atoms with E-state index in [9.17, 15) is 4.79 Å². The van der Waals surface area contributed by atoms with Crippen LogP contribution in [0, 0.1) is 6.92 Å². The highest BCUT2D eigenvalue weighted by Crippen LogP contribution is 2.18. The average molecular weight is 309 g/mol. The molecular formula is C12H13BrN4O. The maximum atomic E-state index is 12.0. The number of rotatable bonds is 3. The molecule has 2 rings (SSSR count). The van der Waals surface area contributed by atoms with Gasteiger partial charge in [0.05, 0.1) is 12.1 Å². The van der Waals surface area contributed by atoms with Gasteiger partial charge < -0.3 is 5.32 Å². The van der Waals surface area contributed by atoms with E-state index in [4.69, 9.17) is 0 Å². The van der Waals surface area contributed by atoms with Crippen molar-refractivity contribution in [2.45, 2.75) is 13.5 Å². The lowest BCUT2D eigenvalue weighted by molar-refractivity contribution is 0.0949. The summed E-state index contributed by atoms with van der Waals surface area (Å²) in [5, 5.41) is 6.87. The van der Waals surface area contributed by atoms with E-state index in [0.717, 1.165) is 10.0 Å². The molecule has 0 unspecified atom stereocenters. The van der Waals surface area contributed by atoms with Gasteiger partial charge in [0.15, 0.2) is 5.82 Å². The molecule has 0 aliphatic carbocycles. The van der Waals surface area contributed by atoms with Crippen LogP contribution in [0.1, 0.15) is 21.7 Å². The predicted octanol–water partition coefficient (Wildman–Crippen LogP) is 1.82. The Labute approximate surface area is 113 Å². The molecular weight excluding hydrogens is 296 g/mol. The molecule has 1 aromatic heterocycles. The summed E-state index contributed by atoms with van der Waals surface area (Å²) in [6.07, 6.45) is 1.60. The van der Waals surface area contributed by atoms with Crippen LogP contribution in [0.2, 0.25) is 0 Å². The summed E-state index contributed by atoms with van der Waals surface area (Å²) in [6.45, 7) is 2.30. The second kappa shape index (κ2) is 5.30. The van der Waals surface area contributed by atoms with Crippen LogP contribution < -0.4 is 5.32 Å². The van der Waals surface area contributed by atoms with Crippen LogP contribution >= 0.6 is 15.9 Å². The SMILES string of the molecule is Cc1ccc(C(=O)NCc2ncn(C)n2)c(Br)c1. The molecule has 0 aliphatic heterocycles. The van der Waals surface area contributed by atoms with Gasteiger partial charge in [-0.05, 0) is 40.5 Å². The van der Waals surface area contributed by atoms with Crippen molar-refractivity contribution >= 4 is 21.8 Å². The number of nitrogens with one attached hydrogen (secondary N) is 1. The standard InChI is InChI=1S/C12H13BrN4O/c1-8-3-4-9(10(13)5-8)12(18)14-6-11-15-7-17(2)16-11/h3-5,7H,6H2,1-2H3,(H,14,18). The quantitative estimate of drug-likeness (QED) is 0.941. The summed E-state index contributed by atoms with van der Waals surface area (Å²) >= 11 is 3.38. The van der Waals surface area contributed by atoms with Crippen molar-refractivity contribution in [2.75, 3.05) is 0 Å².